The minimum atomic E-state index is -0.0845. The standard InChI is InChI=1S/C11H10BrClO/c1-6(2)11(14)8-5-10(13)7(3)4-9(8)12/h4-5H,1H2,2-3H3. The van der Waals surface area contributed by atoms with Crippen LogP contribution in [0, 0.1) is 6.92 Å². The van der Waals surface area contributed by atoms with Crippen molar-refractivity contribution in [2.24, 2.45) is 0 Å². The zero-order valence-electron chi connectivity index (χ0n) is 8.03. The molecule has 0 radical (unpaired) electrons. The summed E-state index contributed by atoms with van der Waals surface area (Å²) in [5, 5.41) is 0.595. The Labute approximate surface area is 96.9 Å². The van der Waals surface area contributed by atoms with Crippen LogP contribution in [0.25, 0.3) is 0 Å². The molecule has 1 aromatic carbocycles. The number of Topliss-reactive ketones (excluding diaryl/α,β-unsaturated/α-hetero) is 1. The third-order valence-corrected chi connectivity index (χ3v) is 2.94. The Kier molecular flexibility index (Phi) is 3.51. The van der Waals surface area contributed by atoms with Gasteiger partial charge in [-0.2, -0.15) is 0 Å². The molecule has 3 heteroatoms. The van der Waals surface area contributed by atoms with Crippen LogP contribution in [0.2, 0.25) is 5.02 Å². The van der Waals surface area contributed by atoms with E-state index in [0.717, 1.165) is 10.0 Å². The number of rotatable bonds is 2. The number of halogens is 2. The lowest BCUT2D eigenvalue weighted by Crippen LogP contribution is -2.01. The van der Waals surface area contributed by atoms with E-state index in [0.29, 0.717) is 16.2 Å². The molecule has 0 heterocycles. The average Bonchev–Trinajstić information content (AvgIpc) is 2.10. The van der Waals surface area contributed by atoms with Crippen molar-refractivity contribution in [3.63, 3.8) is 0 Å². The SMILES string of the molecule is C=C(C)C(=O)c1cc(Cl)c(C)cc1Br. The van der Waals surface area contributed by atoms with Gasteiger partial charge in [0.25, 0.3) is 0 Å². The number of hydrogen-bond acceptors (Lipinski definition) is 1. The van der Waals surface area contributed by atoms with Crippen molar-refractivity contribution in [1.29, 1.82) is 0 Å². The molecule has 0 atom stereocenters. The van der Waals surface area contributed by atoms with Gasteiger partial charge in [0, 0.05) is 15.1 Å². The van der Waals surface area contributed by atoms with Crippen molar-refractivity contribution in [1.82, 2.24) is 0 Å². The highest BCUT2D eigenvalue weighted by Crippen LogP contribution is 2.26. The summed E-state index contributed by atoms with van der Waals surface area (Å²) in [4.78, 5) is 11.6. The van der Waals surface area contributed by atoms with Crippen molar-refractivity contribution in [2.45, 2.75) is 13.8 Å². The Bertz CT molecular complexity index is 410. The monoisotopic (exact) mass is 272 g/mol. The van der Waals surface area contributed by atoms with Crippen molar-refractivity contribution < 1.29 is 4.79 Å². The first-order chi connectivity index (χ1) is 6.43. The molecule has 0 unspecified atom stereocenters. The lowest BCUT2D eigenvalue weighted by Gasteiger charge is -2.06. The first-order valence-corrected chi connectivity index (χ1v) is 5.26. The minimum Gasteiger partial charge on any atom is -0.289 e. The zero-order chi connectivity index (χ0) is 10.9. The molecule has 0 fully saturated rings. The number of carbonyl (C=O) groups is 1. The predicted molar refractivity (Wildman–Crippen MR) is 63.0 cm³/mol. The quantitative estimate of drug-likeness (QED) is 0.584. The molecule has 0 aliphatic carbocycles. The number of benzene rings is 1. The largest absolute Gasteiger partial charge is 0.289 e. The fourth-order valence-electron chi connectivity index (χ4n) is 1.05. The van der Waals surface area contributed by atoms with Gasteiger partial charge in [-0.05, 0) is 37.1 Å². The second kappa shape index (κ2) is 4.28. The molecular formula is C11H10BrClO. The molecule has 1 rings (SSSR count). The van der Waals surface area contributed by atoms with Crippen LogP contribution in [0.5, 0.6) is 0 Å². The molecule has 0 spiro atoms. The molecule has 0 aromatic heterocycles. The van der Waals surface area contributed by atoms with E-state index in [4.69, 9.17) is 11.6 Å². The number of ketones is 1. The molecule has 0 aliphatic heterocycles. The van der Waals surface area contributed by atoms with E-state index in [9.17, 15) is 4.79 Å². The van der Waals surface area contributed by atoms with Crippen molar-refractivity contribution in [2.75, 3.05) is 0 Å². The third-order valence-electron chi connectivity index (χ3n) is 1.88. The normalized spacial score (nSPS) is 10.0. The van der Waals surface area contributed by atoms with E-state index in [-0.39, 0.29) is 5.78 Å². The van der Waals surface area contributed by atoms with Gasteiger partial charge in [-0.3, -0.25) is 4.79 Å². The van der Waals surface area contributed by atoms with Crippen LogP contribution in [-0.2, 0) is 0 Å². The highest BCUT2D eigenvalue weighted by atomic mass is 79.9. The molecule has 1 nitrogen and oxygen atoms in total. The van der Waals surface area contributed by atoms with Crippen LogP contribution in [-0.4, -0.2) is 5.78 Å². The predicted octanol–water partition coefficient (Wildman–Crippen LogP) is 4.17. The van der Waals surface area contributed by atoms with E-state index in [1.165, 1.54) is 0 Å². The van der Waals surface area contributed by atoms with Gasteiger partial charge in [-0.25, -0.2) is 0 Å². The lowest BCUT2D eigenvalue weighted by molar-refractivity contribution is 0.103. The van der Waals surface area contributed by atoms with Crippen molar-refractivity contribution in [3.05, 3.63) is 44.9 Å². The maximum atomic E-state index is 11.6. The zero-order valence-corrected chi connectivity index (χ0v) is 10.4. The van der Waals surface area contributed by atoms with Gasteiger partial charge in [-0.15, -0.1) is 0 Å². The van der Waals surface area contributed by atoms with Crippen LogP contribution in [0.15, 0.2) is 28.8 Å². The van der Waals surface area contributed by atoms with Gasteiger partial charge >= 0.3 is 0 Å². The summed E-state index contributed by atoms with van der Waals surface area (Å²) in [6.45, 7) is 7.19. The van der Waals surface area contributed by atoms with Crippen LogP contribution in [0.3, 0.4) is 0 Å². The van der Waals surface area contributed by atoms with Crippen LogP contribution >= 0.6 is 27.5 Å². The van der Waals surface area contributed by atoms with Crippen LogP contribution in [0.4, 0.5) is 0 Å². The number of hydrogen-bond donors (Lipinski definition) is 0. The van der Waals surface area contributed by atoms with Crippen LogP contribution < -0.4 is 0 Å². The van der Waals surface area contributed by atoms with Crippen LogP contribution in [0.1, 0.15) is 22.8 Å². The molecule has 14 heavy (non-hydrogen) atoms. The Morgan fingerprint density at radius 2 is 2.07 bits per heavy atom. The molecule has 74 valence electrons. The first-order valence-electron chi connectivity index (χ1n) is 4.09. The van der Waals surface area contributed by atoms with Gasteiger partial charge in [0.05, 0.1) is 0 Å². The van der Waals surface area contributed by atoms with Gasteiger partial charge in [0.2, 0.25) is 0 Å². The summed E-state index contributed by atoms with van der Waals surface area (Å²) in [6, 6.07) is 3.50. The minimum absolute atomic E-state index is 0.0845. The summed E-state index contributed by atoms with van der Waals surface area (Å²) in [7, 11) is 0. The summed E-state index contributed by atoms with van der Waals surface area (Å²) in [5.74, 6) is -0.0845. The van der Waals surface area contributed by atoms with Gasteiger partial charge in [0.15, 0.2) is 5.78 Å². The average molecular weight is 274 g/mol. The second-order valence-corrected chi connectivity index (χ2v) is 4.45. The number of allylic oxidation sites excluding steroid dienone is 1. The highest BCUT2D eigenvalue weighted by molar-refractivity contribution is 9.10. The van der Waals surface area contributed by atoms with Gasteiger partial charge < -0.3 is 0 Å². The molecule has 0 N–H and O–H groups in total. The highest BCUT2D eigenvalue weighted by Gasteiger charge is 2.12. The number of carbonyl (C=O) groups excluding carboxylic acids is 1. The fourth-order valence-corrected chi connectivity index (χ4v) is 1.85. The first kappa shape index (κ1) is 11.5. The van der Waals surface area contributed by atoms with Gasteiger partial charge in [-0.1, -0.05) is 34.1 Å². The summed E-state index contributed by atoms with van der Waals surface area (Å²) >= 11 is 9.26. The molecular weight excluding hydrogens is 263 g/mol. The van der Waals surface area contributed by atoms with E-state index in [2.05, 4.69) is 22.5 Å². The molecule has 0 aliphatic rings. The summed E-state index contributed by atoms with van der Waals surface area (Å²) < 4.78 is 0.757. The fraction of sp³-hybridized carbons (Fsp3) is 0.182. The van der Waals surface area contributed by atoms with Crippen molar-refractivity contribution in [3.8, 4) is 0 Å². The van der Waals surface area contributed by atoms with Crippen molar-refractivity contribution >= 4 is 33.3 Å². The summed E-state index contributed by atoms with van der Waals surface area (Å²) in [5.41, 5.74) is 2.01. The summed E-state index contributed by atoms with van der Waals surface area (Å²) in [6.07, 6.45) is 0. The molecule has 0 bridgehead atoms. The van der Waals surface area contributed by atoms with E-state index in [1.54, 1.807) is 13.0 Å². The Hall–Kier alpha value is -0.600. The maximum absolute atomic E-state index is 11.6. The lowest BCUT2D eigenvalue weighted by atomic mass is 10.0. The van der Waals surface area contributed by atoms with E-state index < -0.39 is 0 Å². The Balaban J connectivity index is 3.29. The topological polar surface area (TPSA) is 17.1 Å². The van der Waals surface area contributed by atoms with E-state index in [1.807, 2.05) is 13.0 Å². The number of aryl methyl sites for hydroxylation is 1. The Morgan fingerprint density at radius 1 is 1.50 bits per heavy atom. The molecule has 0 saturated carbocycles. The maximum Gasteiger partial charge on any atom is 0.189 e. The molecule has 0 amide bonds. The molecule has 0 saturated heterocycles. The second-order valence-electron chi connectivity index (χ2n) is 3.19. The molecule has 1 aromatic rings. The third kappa shape index (κ3) is 2.25. The Morgan fingerprint density at radius 3 is 2.57 bits per heavy atom. The van der Waals surface area contributed by atoms with Gasteiger partial charge in [0.1, 0.15) is 0 Å². The van der Waals surface area contributed by atoms with E-state index >= 15 is 0 Å². The smallest absolute Gasteiger partial charge is 0.189 e.